The van der Waals surface area contributed by atoms with Crippen LogP contribution in [0.2, 0.25) is 0 Å². The van der Waals surface area contributed by atoms with Crippen LogP contribution in [0.4, 0.5) is 0 Å². The molecule has 0 spiro atoms. The second kappa shape index (κ2) is 6.24. The zero-order valence-corrected chi connectivity index (χ0v) is 12.2. The zero-order valence-electron chi connectivity index (χ0n) is 12.2. The average Bonchev–Trinajstić information content (AvgIpc) is 2.82. The van der Waals surface area contributed by atoms with Crippen molar-refractivity contribution in [3.8, 4) is 0 Å². The molecule has 1 aliphatic rings. The lowest BCUT2D eigenvalue weighted by Gasteiger charge is -2.25. The predicted molar refractivity (Wildman–Crippen MR) is 79.0 cm³/mol. The maximum atomic E-state index is 12.2. The fourth-order valence-corrected chi connectivity index (χ4v) is 2.76. The Hall–Kier alpha value is -1.92. The number of aromatic amines is 1. The first-order chi connectivity index (χ1) is 10.3. The van der Waals surface area contributed by atoms with Crippen LogP contribution >= 0.6 is 0 Å². The van der Waals surface area contributed by atoms with E-state index in [0.717, 1.165) is 37.3 Å². The number of pyridine rings is 1. The molecule has 0 amide bonds. The van der Waals surface area contributed by atoms with E-state index in [-0.39, 0.29) is 5.56 Å². The number of hydrogen-bond donors (Lipinski definition) is 1. The van der Waals surface area contributed by atoms with Crippen LogP contribution in [0.1, 0.15) is 16.8 Å². The summed E-state index contributed by atoms with van der Waals surface area (Å²) >= 11 is 0. The van der Waals surface area contributed by atoms with E-state index >= 15 is 0 Å². The number of fused-ring (bicyclic) bond motifs is 1. The largest absolute Gasteiger partial charge is 0.383 e. The average molecular weight is 288 g/mol. The number of methoxy groups -OCH3 is 1. The molecule has 0 aromatic carbocycles. The molecule has 21 heavy (non-hydrogen) atoms. The summed E-state index contributed by atoms with van der Waals surface area (Å²) in [4.78, 5) is 18.7. The number of H-pyrrole nitrogens is 1. The van der Waals surface area contributed by atoms with Gasteiger partial charge in [0.25, 0.3) is 5.56 Å². The molecule has 1 N–H and O–H groups in total. The van der Waals surface area contributed by atoms with Gasteiger partial charge in [0, 0.05) is 44.7 Å². The van der Waals surface area contributed by atoms with Crippen molar-refractivity contribution in [1.29, 1.82) is 0 Å². The lowest BCUT2D eigenvalue weighted by atomic mass is 10.1. The van der Waals surface area contributed by atoms with E-state index in [1.165, 1.54) is 5.56 Å². The van der Waals surface area contributed by atoms with Crippen LogP contribution < -0.4 is 5.56 Å². The highest BCUT2D eigenvalue weighted by Crippen LogP contribution is 2.16. The Balaban J connectivity index is 1.72. The second-order valence-corrected chi connectivity index (χ2v) is 5.34. The number of hydrogen-bond acceptors (Lipinski definition) is 4. The molecule has 0 atom stereocenters. The first-order valence-electron chi connectivity index (χ1n) is 7.18. The summed E-state index contributed by atoms with van der Waals surface area (Å²) in [5.41, 5.74) is 3.25. The van der Waals surface area contributed by atoms with Crippen molar-refractivity contribution in [2.75, 3.05) is 20.3 Å². The maximum Gasteiger partial charge on any atom is 0.270 e. The summed E-state index contributed by atoms with van der Waals surface area (Å²) in [7, 11) is 1.64. The third-order valence-electron chi connectivity index (χ3n) is 3.85. The summed E-state index contributed by atoms with van der Waals surface area (Å²) < 4.78 is 6.69. The molecule has 3 rings (SSSR count). The molecule has 0 unspecified atom stereocenters. The van der Waals surface area contributed by atoms with Crippen molar-refractivity contribution in [3.05, 3.63) is 51.7 Å². The van der Waals surface area contributed by atoms with Crippen LogP contribution in [-0.2, 0) is 30.8 Å². The number of ether oxygens (including phenoxy) is 1. The standard InChI is InChI=1S/C15H20N4O2/c1-21-8-7-19-15(20)13-4-6-18(11-14(13)17-19)10-12-3-2-5-16-9-12/h2-3,5,9,17H,4,6-8,10-11H2,1H3. The Morgan fingerprint density at radius 3 is 3.14 bits per heavy atom. The molecule has 6 nitrogen and oxygen atoms in total. The molecule has 0 saturated carbocycles. The molecule has 1 aliphatic heterocycles. The summed E-state index contributed by atoms with van der Waals surface area (Å²) in [5.74, 6) is 0. The fourth-order valence-electron chi connectivity index (χ4n) is 2.76. The molecule has 112 valence electrons. The monoisotopic (exact) mass is 288 g/mol. The van der Waals surface area contributed by atoms with Gasteiger partial charge in [-0.2, -0.15) is 0 Å². The van der Waals surface area contributed by atoms with Gasteiger partial charge in [0.2, 0.25) is 0 Å². The van der Waals surface area contributed by atoms with Crippen molar-refractivity contribution in [2.45, 2.75) is 26.1 Å². The molecular weight excluding hydrogens is 268 g/mol. The Morgan fingerprint density at radius 1 is 1.48 bits per heavy atom. The Labute approximate surface area is 123 Å². The van der Waals surface area contributed by atoms with Gasteiger partial charge in [0.15, 0.2) is 0 Å². The van der Waals surface area contributed by atoms with Gasteiger partial charge >= 0.3 is 0 Å². The van der Waals surface area contributed by atoms with Crippen molar-refractivity contribution in [1.82, 2.24) is 19.7 Å². The van der Waals surface area contributed by atoms with Crippen LogP contribution in [0, 0.1) is 0 Å². The normalized spacial score (nSPS) is 15.1. The first kappa shape index (κ1) is 14.0. The van der Waals surface area contributed by atoms with Gasteiger partial charge in [-0.15, -0.1) is 0 Å². The Bertz CT molecular complexity index is 647. The van der Waals surface area contributed by atoms with Gasteiger partial charge in [-0.1, -0.05) is 6.07 Å². The molecule has 0 fully saturated rings. The van der Waals surface area contributed by atoms with Crippen molar-refractivity contribution < 1.29 is 4.74 Å². The van der Waals surface area contributed by atoms with Crippen LogP contribution in [0.3, 0.4) is 0 Å². The number of nitrogens with one attached hydrogen (secondary N) is 1. The molecule has 2 aromatic heterocycles. The van der Waals surface area contributed by atoms with Gasteiger partial charge in [0.1, 0.15) is 0 Å². The maximum absolute atomic E-state index is 12.2. The highest BCUT2D eigenvalue weighted by Gasteiger charge is 2.22. The van der Waals surface area contributed by atoms with E-state index < -0.39 is 0 Å². The first-order valence-corrected chi connectivity index (χ1v) is 7.18. The summed E-state index contributed by atoms with van der Waals surface area (Å²) in [6.45, 7) is 3.65. The minimum atomic E-state index is 0.100. The molecule has 0 bridgehead atoms. The minimum absolute atomic E-state index is 0.100. The van der Waals surface area contributed by atoms with Crippen molar-refractivity contribution >= 4 is 0 Å². The Kier molecular flexibility index (Phi) is 4.17. The van der Waals surface area contributed by atoms with E-state index in [0.29, 0.717) is 13.2 Å². The van der Waals surface area contributed by atoms with Crippen LogP contribution in [0.15, 0.2) is 29.3 Å². The topological polar surface area (TPSA) is 63.1 Å². The summed E-state index contributed by atoms with van der Waals surface area (Å²) in [5, 5.41) is 3.22. The highest BCUT2D eigenvalue weighted by atomic mass is 16.5. The molecule has 3 heterocycles. The summed E-state index contributed by atoms with van der Waals surface area (Å²) in [6, 6.07) is 4.03. The minimum Gasteiger partial charge on any atom is -0.383 e. The Morgan fingerprint density at radius 2 is 2.38 bits per heavy atom. The van der Waals surface area contributed by atoms with Crippen LogP contribution in [-0.4, -0.2) is 39.9 Å². The van der Waals surface area contributed by atoms with Crippen molar-refractivity contribution in [2.24, 2.45) is 0 Å². The molecule has 6 heteroatoms. The van der Waals surface area contributed by atoms with Gasteiger partial charge in [0.05, 0.1) is 18.8 Å². The van der Waals surface area contributed by atoms with Gasteiger partial charge in [-0.25, -0.2) is 0 Å². The van der Waals surface area contributed by atoms with E-state index in [9.17, 15) is 4.79 Å². The molecular formula is C15H20N4O2. The molecule has 0 saturated heterocycles. The number of nitrogens with zero attached hydrogens (tertiary/aromatic N) is 3. The molecule has 0 radical (unpaired) electrons. The van der Waals surface area contributed by atoms with E-state index in [2.05, 4.69) is 21.0 Å². The fraction of sp³-hybridized carbons (Fsp3) is 0.467. The number of rotatable bonds is 5. The second-order valence-electron chi connectivity index (χ2n) is 5.34. The molecule has 2 aromatic rings. The molecule has 0 aliphatic carbocycles. The quantitative estimate of drug-likeness (QED) is 0.883. The predicted octanol–water partition coefficient (Wildman–Crippen LogP) is 0.776. The van der Waals surface area contributed by atoms with E-state index in [1.807, 2.05) is 12.3 Å². The third-order valence-corrected chi connectivity index (χ3v) is 3.85. The summed E-state index contributed by atoms with van der Waals surface area (Å²) in [6.07, 6.45) is 4.47. The van der Waals surface area contributed by atoms with E-state index in [1.54, 1.807) is 18.0 Å². The van der Waals surface area contributed by atoms with Gasteiger partial charge in [-0.3, -0.25) is 24.5 Å². The van der Waals surface area contributed by atoms with Crippen molar-refractivity contribution in [3.63, 3.8) is 0 Å². The lowest BCUT2D eigenvalue weighted by Crippen LogP contribution is -2.31. The SMILES string of the molecule is COCCn1[nH]c2c(c1=O)CCN(Cc1cccnc1)C2. The van der Waals surface area contributed by atoms with Gasteiger partial charge < -0.3 is 4.74 Å². The van der Waals surface area contributed by atoms with Gasteiger partial charge in [-0.05, 0) is 18.1 Å². The number of aromatic nitrogens is 3. The third kappa shape index (κ3) is 3.06. The highest BCUT2D eigenvalue weighted by molar-refractivity contribution is 5.21. The van der Waals surface area contributed by atoms with E-state index in [4.69, 9.17) is 4.74 Å². The zero-order chi connectivity index (χ0) is 14.7. The lowest BCUT2D eigenvalue weighted by molar-refractivity contribution is 0.182. The smallest absolute Gasteiger partial charge is 0.270 e. The van der Waals surface area contributed by atoms with Crippen LogP contribution in [0.5, 0.6) is 0 Å². The van der Waals surface area contributed by atoms with Crippen LogP contribution in [0.25, 0.3) is 0 Å².